The lowest BCUT2D eigenvalue weighted by atomic mass is 9.99. The zero-order chi connectivity index (χ0) is 34.8. The number of aryl methyl sites for hydroxylation is 2. The number of para-hydroxylation sites is 1. The molecule has 0 N–H and O–H groups in total. The third-order valence-electron chi connectivity index (χ3n) is 9.96. The Kier molecular flexibility index (Phi) is 6.86. The molecular formula is C47H32N4O. The Hall–Kier alpha value is -6.85. The molecule has 0 aliphatic carbocycles. The van der Waals surface area contributed by atoms with Crippen LogP contribution in [-0.4, -0.2) is 19.5 Å². The fraction of sp³-hybridized carbons (Fsp3) is 0.0426. The van der Waals surface area contributed by atoms with E-state index >= 15 is 0 Å². The van der Waals surface area contributed by atoms with Gasteiger partial charge in [-0.05, 0) is 79.6 Å². The van der Waals surface area contributed by atoms with E-state index in [4.69, 9.17) is 19.4 Å². The van der Waals surface area contributed by atoms with Gasteiger partial charge in [-0.15, -0.1) is 0 Å². The molecule has 5 nitrogen and oxygen atoms in total. The number of hydrogen-bond donors (Lipinski definition) is 0. The third kappa shape index (κ3) is 4.97. The topological polar surface area (TPSA) is 56.7 Å². The van der Waals surface area contributed by atoms with Crippen molar-refractivity contribution >= 4 is 43.7 Å². The highest BCUT2D eigenvalue weighted by atomic mass is 16.3. The monoisotopic (exact) mass is 668 g/mol. The van der Waals surface area contributed by atoms with Crippen molar-refractivity contribution in [1.82, 2.24) is 19.5 Å². The van der Waals surface area contributed by atoms with Gasteiger partial charge in [0, 0.05) is 38.2 Å². The number of furan rings is 1. The lowest BCUT2D eigenvalue weighted by molar-refractivity contribution is 0.669. The molecule has 0 saturated heterocycles. The molecule has 7 aromatic carbocycles. The van der Waals surface area contributed by atoms with E-state index in [0.29, 0.717) is 17.5 Å². The fourth-order valence-corrected chi connectivity index (χ4v) is 7.43. The first-order valence-electron chi connectivity index (χ1n) is 17.5. The van der Waals surface area contributed by atoms with Crippen LogP contribution in [0.15, 0.2) is 162 Å². The summed E-state index contributed by atoms with van der Waals surface area (Å²) in [5, 5.41) is 4.63. The molecule has 0 aliphatic heterocycles. The zero-order valence-corrected chi connectivity index (χ0v) is 28.7. The minimum Gasteiger partial charge on any atom is -0.456 e. The van der Waals surface area contributed by atoms with Gasteiger partial charge >= 0.3 is 0 Å². The number of aromatic nitrogens is 4. The van der Waals surface area contributed by atoms with Gasteiger partial charge in [0.25, 0.3) is 0 Å². The first-order valence-corrected chi connectivity index (χ1v) is 17.5. The van der Waals surface area contributed by atoms with E-state index in [1.807, 2.05) is 72.8 Å². The van der Waals surface area contributed by atoms with Crippen molar-refractivity contribution in [2.45, 2.75) is 13.8 Å². The van der Waals surface area contributed by atoms with Crippen LogP contribution in [0.4, 0.5) is 0 Å². The second-order valence-electron chi connectivity index (χ2n) is 13.5. The average molecular weight is 669 g/mol. The van der Waals surface area contributed by atoms with Gasteiger partial charge in [0.05, 0.1) is 16.7 Å². The largest absolute Gasteiger partial charge is 0.456 e. The van der Waals surface area contributed by atoms with Crippen LogP contribution in [0.2, 0.25) is 0 Å². The van der Waals surface area contributed by atoms with Crippen LogP contribution >= 0.6 is 0 Å². The van der Waals surface area contributed by atoms with Crippen molar-refractivity contribution in [2.75, 3.05) is 0 Å². The second kappa shape index (κ2) is 11.9. The molecular weight excluding hydrogens is 637 g/mol. The Bertz CT molecular complexity index is 2860. The van der Waals surface area contributed by atoms with Gasteiger partial charge in [-0.3, -0.25) is 0 Å². The van der Waals surface area contributed by atoms with Crippen LogP contribution in [0.5, 0.6) is 0 Å². The van der Waals surface area contributed by atoms with Crippen LogP contribution in [0, 0.1) is 13.8 Å². The van der Waals surface area contributed by atoms with Gasteiger partial charge < -0.3 is 8.98 Å². The molecule has 0 atom stereocenters. The maximum absolute atomic E-state index is 6.18. The second-order valence-corrected chi connectivity index (χ2v) is 13.5. The molecule has 0 fully saturated rings. The summed E-state index contributed by atoms with van der Waals surface area (Å²) in [5.74, 6) is 1.86. The van der Waals surface area contributed by atoms with Gasteiger partial charge in [0.1, 0.15) is 11.2 Å². The minimum absolute atomic E-state index is 0.605. The molecule has 0 radical (unpaired) electrons. The van der Waals surface area contributed by atoms with Crippen molar-refractivity contribution in [2.24, 2.45) is 0 Å². The lowest BCUT2D eigenvalue weighted by Crippen LogP contribution is -2.04. The molecule has 0 saturated carbocycles. The summed E-state index contributed by atoms with van der Waals surface area (Å²) in [6.07, 6.45) is 0. The van der Waals surface area contributed by atoms with Crippen molar-refractivity contribution in [3.63, 3.8) is 0 Å². The third-order valence-corrected chi connectivity index (χ3v) is 9.96. The van der Waals surface area contributed by atoms with E-state index in [9.17, 15) is 0 Å². The van der Waals surface area contributed by atoms with Crippen molar-refractivity contribution in [3.05, 3.63) is 169 Å². The normalized spacial score (nSPS) is 11.7. The molecule has 0 amide bonds. The molecule has 0 spiro atoms. The highest BCUT2D eigenvalue weighted by Gasteiger charge is 2.21. The number of hydrogen-bond acceptors (Lipinski definition) is 4. The molecule has 10 rings (SSSR count). The molecule has 3 aromatic heterocycles. The van der Waals surface area contributed by atoms with Crippen LogP contribution in [-0.2, 0) is 0 Å². The standard InChI is InChI=1S/C47H32N4O/c1-29-17-21-40-36(25-29)37-26-30(2)18-22-41(37)51(40)42-23-19-33(34-20-24-44-38(27-34)35-15-9-10-16-43(35)52-44)28-39(42)47-49-45(31-11-5-3-6-12-31)48-46(50-47)32-13-7-4-8-14-32/h3-28H,1-2H3. The highest BCUT2D eigenvalue weighted by Crippen LogP contribution is 2.40. The number of benzene rings is 7. The summed E-state index contributed by atoms with van der Waals surface area (Å²) in [7, 11) is 0. The number of rotatable bonds is 5. The van der Waals surface area contributed by atoms with Crippen LogP contribution in [0.1, 0.15) is 11.1 Å². The molecule has 0 bridgehead atoms. The molecule has 0 unspecified atom stereocenters. The van der Waals surface area contributed by atoms with Crippen molar-refractivity contribution < 1.29 is 4.42 Å². The summed E-state index contributed by atoms with van der Waals surface area (Å²) in [6.45, 7) is 4.30. The molecule has 5 heteroatoms. The van der Waals surface area contributed by atoms with E-state index in [1.165, 1.54) is 21.9 Å². The molecule has 52 heavy (non-hydrogen) atoms. The maximum atomic E-state index is 6.18. The van der Waals surface area contributed by atoms with Gasteiger partial charge in [-0.1, -0.05) is 114 Å². The van der Waals surface area contributed by atoms with Gasteiger partial charge in [0.2, 0.25) is 0 Å². The molecule has 10 aromatic rings. The average Bonchev–Trinajstić information content (AvgIpc) is 3.72. The number of fused-ring (bicyclic) bond motifs is 6. The highest BCUT2D eigenvalue weighted by molar-refractivity contribution is 6.10. The Morgan fingerprint density at radius 1 is 0.404 bits per heavy atom. The van der Waals surface area contributed by atoms with Gasteiger partial charge in [0.15, 0.2) is 17.5 Å². The molecule has 0 aliphatic rings. The van der Waals surface area contributed by atoms with Gasteiger partial charge in [-0.2, -0.15) is 0 Å². The summed E-state index contributed by atoms with van der Waals surface area (Å²) in [5.41, 5.74) is 12.4. The Morgan fingerprint density at radius 3 is 1.60 bits per heavy atom. The molecule has 3 heterocycles. The first-order chi connectivity index (χ1) is 25.6. The summed E-state index contributed by atoms with van der Waals surface area (Å²) < 4.78 is 8.55. The van der Waals surface area contributed by atoms with Crippen molar-refractivity contribution in [3.8, 4) is 51.0 Å². The fourth-order valence-electron chi connectivity index (χ4n) is 7.43. The lowest BCUT2D eigenvalue weighted by Gasteiger charge is -2.16. The number of nitrogens with zero attached hydrogens (tertiary/aromatic N) is 4. The van der Waals surface area contributed by atoms with E-state index in [2.05, 4.69) is 103 Å². The van der Waals surface area contributed by atoms with Gasteiger partial charge in [-0.25, -0.2) is 15.0 Å². The molecule has 246 valence electrons. The smallest absolute Gasteiger partial charge is 0.166 e. The summed E-state index contributed by atoms with van der Waals surface area (Å²) >= 11 is 0. The predicted octanol–water partition coefficient (Wildman–Crippen LogP) is 12.2. The summed E-state index contributed by atoms with van der Waals surface area (Å²) in [6, 6.07) is 55.0. The first kappa shape index (κ1) is 30.0. The van der Waals surface area contributed by atoms with E-state index in [1.54, 1.807) is 0 Å². The Labute approximate surface area is 300 Å². The quantitative estimate of drug-likeness (QED) is 0.183. The minimum atomic E-state index is 0.605. The van der Waals surface area contributed by atoms with E-state index in [0.717, 1.165) is 66.5 Å². The maximum Gasteiger partial charge on any atom is 0.166 e. The van der Waals surface area contributed by atoms with Crippen LogP contribution < -0.4 is 0 Å². The van der Waals surface area contributed by atoms with E-state index in [-0.39, 0.29) is 0 Å². The van der Waals surface area contributed by atoms with Crippen LogP contribution in [0.25, 0.3) is 94.7 Å². The zero-order valence-electron chi connectivity index (χ0n) is 28.7. The summed E-state index contributed by atoms with van der Waals surface area (Å²) in [4.78, 5) is 15.5. The Morgan fingerprint density at radius 2 is 0.942 bits per heavy atom. The SMILES string of the molecule is Cc1ccc2c(c1)c1cc(C)ccc1n2-c1ccc(-c2ccc3oc4ccccc4c3c2)cc1-c1nc(-c2ccccc2)nc(-c2ccccc2)n1. The predicted molar refractivity (Wildman–Crippen MR) is 213 cm³/mol. The van der Waals surface area contributed by atoms with Crippen molar-refractivity contribution in [1.29, 1.82) is 0 Å². The van der Waals surface area contributed by atoms with Crippen LogP contribution in [0.3, 0.4) is 0 Å². The van der Waals surface area contributed by atoms with E-state index < -0.39 is 0 Å². The Balaban J connectivity index is 1.28.